The Morgan fingerprint density at radius 3 is 2.06 bits per heavy atom. The monoisotopic (exact) mass is 263 g/mol. The van der Waals surface area contributed by atoms with Crippen molar-refractivity contribution in [2.45, 2.75) is 5.79 Å². The summed E-state index contributed by atoms with van der Waals surface area (Å²) in [4.78, 5) is 30.0. The molecule has 1 heterocycles. The number of hydrogen-bond acceptors (Lipinski definition) is 11. The first-order valence-electron chi connectivity index (χ1n) is 4.07. The Balaban J connectivity index is 2.95. The van der Waals surface area contributed by atoms with E-state index in [-0.39, 0.29) is 0 Å². The molecule has 1 rings (SSSR count). The molecule has 14 heteroatoms. The van der Waals surface area contributed by atoms with E-state index in [1.807, 2.05) is 5.32 Å². The molecular weight excluding hydrogens is 258 g/mol. The molecule has 3 N–H and O–H groups in total. The lowest BCUT2D eigenvalue weighted by Gasteiger charge is -2.08. The van der Waals surface area contributed by atoms with Gasteiger partial charge >= 0.3 is 11.8 Å². The number of anilines is 2. The molecule has 1 aromatic heterocycles. The average Bonchev–Trinajstić information content (AvgIpc) is 2.63. The normalized spacial score (nSPS) is 10.9. The van der Waals surface area contributed by atoms with Crippen LogP contribution in [-0.4, -0.2) is 37.2 Å². The van der Waals surface area contributed by atoms with E-state index in [0.717, 1.165) is 0 Å². The molecule has 98 valence electrons. The van der Waals surface area contributed by atoms with Gasteiger partial charge in [-0.2, -0.15) is 4.98 Å². The fraction of sp³-hybridized carbons (Fsp3) is 0.500. The van der Waals surface area contributed by atoms with E-state index in [0.29, 0.717) is 0 Å². The van der Waals surface area contributed by atoms with Crippen LogP contribution in [0, 0.1) is 30.3 Å². The summed E-state index contributed by atoms with van der Waals surface area (Å²) in [6, 6.07) is -0.411. The van der Waals surface area contributed by atoms with Gasteiger partial charge in [0, 0.05) is 0 Å². The summed E-state index contributed by atoms with van der Waals surface area (Å²) in [6.45, 7) is -1.28. The van der Waals surface area contributed by atoms with Crippen LogP contribution in [0.25, 0.3) is 0 Å². The molecule has 0 atom stereocenters. The zero-order chi connectivity index (χ0) is 13.9. The molecule has 0 aliphatic rings. The third kappa shape index (κ3) is 2.06. The first kappa shape index (κ1) is 13.0. The van der Waals surface area contributed by atoms with Crippen LogP contribution in [0.5, 0.6) is 0 Å². The van der Waals surface area contributed by atoms with Gasteiger partial charge in [0.2, 0.25) is 6.54 Å². The van der Waals surface area contributed by atoms with Crippen LogP contribution in [0.2, 0.25) is 0 Å². The third-order valence-corrected chi connectivity index (χ3v) is 1.80. The van der Waals surface area contributed by atoms with Crippen molar-refractivity contribution in [2.24, 2.45) is 0 Å². The summed E-state index contributed by atoms with van der Waals surface area (Å²) < 4.78 is 4.26. The number of nitro groups is 3. The molecule has 0 fully saturated rings. The number of nitrogens with zero attached hydrogens (tertiary/aromatic N) is 5. The summed E-state index contributed by atoms with van der Waals surface area (Å²) in [5.74, 6) is -4.09. The highest BCUT2D eigenvalue weighted by molar-refractivity contribution is 5.27. The van der Waals surface area contributed by atoms with Crippen molar-refractivity contribution in [3.8, 4) is 0 Å². The molecule has 0 aliphatic carbocycles. The van der Waals surface area contributed by atoms with Crippen molar-refractivity contribution in [1.82, 2.24) is 10.1 Å². The second kappa shape index (κ2) is 4.44. The fourth-order valence-corrected chi connectivity index (χ4v) is 0.898. The minimum absolute atomic E-state index is 0.411. The second-order valence-electron chi connectivity index (χ2n) is 2.86. The highest BCUT2D eigenvalue weighted by atomic mass is 16.7. The van der Waals surface area contributed by atoms with Crippen molar-refractivity contribution in [3.63, 3.8) is 0 Å². The predicted molar refractivity (Wildman–Crippen MR) is 50.9 cm³/mol. The number of aromatic nitrogens is 2. The van der Waals surface area contributed by atoms with E-state index in [1.165, 1.54) is 0 Å². The molecule has 0 unspecified atom stereocenters. The Hall–Kier alpha value is -3.06. The minimum atomic E-state index is -3.64. The van der Waals surface area contributed by atoms with Gasteiger partial charge in [-0.25, -0.2) is 0 Å². The van der Waals surface area contributed by atoms with Crippen molar-refractivity contribution >= 4 is 12.0 Å². The maximum absolute atomic E-state index is 10.5. The number of rotatable bonds is 6. The lowest BCUT2D eigenvalue weighted by Crippen LogP contribution is -2.58. The summed E-state index contributed by atoms with van der Waals surface area (Å²) in [6.07, 6.45) is 0. The van der Waals surface area contributed by atoms with Gasteiger partial charge in [0.15, 0.2) is 14.8 Å². The van der Waals surface area contributed by atoms with E-state index in [1.54, 1.807) is 0 Å². The molecule has 0 aromatic carbocycles. The van der Waals surface area contributed by atoms with Gasteiger partial charge in [0.1, 0.15) is 0 Å². The van der Waals surface area contributed by atoms with Crippen LogP contribution in [0.1, 0.15) is 0 Å². The highest BCUT2D eigenvalue weighted by Crippen LogP contribution is 2.13. The van der Waals surface area contributed by atoms with Crippen molar-refractivity contribution in [2.75, 3.05) is 17.6 Å². The SMILES string of the molecule is Nc1nc(NCC([N+](=O)[O-])([N+](=O)[O-])[N+](=O)[O-])no1. The molecule has 0 radical (unpaired) electrons. The maximum atomic E-state index is 10.5. The summed E-state index contributed by atoms with van der Waals surface area (Å²) in [5, 5.41) is 36.6. The van der Waals surface area contributed by atoms with E-state index in [4.69, 9.17) is 5.73 Å². The molecule has 0 amide bonds. The van der Waals surface area contributed by atoms with Gasteiger partial charge in [0.05, 0.1) is 0 Å². The van der Waals surface area contributed by atoms with Crippen molar-refractivity contribution in [1.29, 1.82) is 0 Å². The largest absolute Gasteiger partial charge is 0.717 e. The Bertz CT molecular complexity index is 460. The highest BCUT2D eigenvalue weighted by Gasteiger charge is 2.70. The Morgan fingerprint density at radius 2 is 1.72 bits per heavy atom. The number of hydrogen-bond donors (Lipinski definition) is 2. The molecule has 14 nitrogen and oxygen atoms in total. The van der Waals surface area contributed by atoms with Gasteiger partial charge in [-0.3, -0.25) is 30.3 Å². The van der Waals surface area contributed by atoms with E-state index in [9.17, 15) is 30.3 Å². The lowest BCUT2D eigenvalue weighted by atomic mass is 10.4. The predicted octanol–water partition coefficient (Wildman–Crippen LogP) is -1.45. The summed E-state index contributed by atoms with van der Waals surface area (Å²) >= 11 is 0. The topological polar surface area (TPSA) is 206 Å². The molecular formula is C4H5N7O7. The quantitative estimate of drug-likeness (QED) is 0.344. The number of nitrogens with one attached hydrogen (secondary N) is 1. The molecule has 18 heavy (non-hydrogen) atoms. The Morgan fingerprint density at radius 1 is 1.22 bits per heavy atom. The zero-order valence-corrected chi connectivity index (χ0v) is 8.38. The van der Waals surface area contributed by atoms with Crippen LogP contribution in [0.4, 0.5) is 12.0 Å². The minimum Gasteiger partial charge on any atom is -0.351 e. The maximum Gasteiger partial charge on any atom is 0.717 e. The van der Waals surface area contributed by atoms with Crippen LogP contribution in [-0.2, 0) is 0 Å². The van der Waals surface area contributed by atoms with Crippen LogP contribution in [0.15, 0.2) is 4.52 Å². The fourth-order valence-electron chi connectivity index (χ4n) is 0.898. The Labute approximate surface area is 96.2 Å². The van der Waals surface area contributed by atoms with Crippen molar-refractivity contribution in [3.05, 3.63) is 30.3 Å². The molecule has 1 aromatic rings. The first-order chi connectivity index (χ1) is 8.30. The Kier molecular flexibility index (Phi) is 3.21. The molecule has 0 saturated heterocycles. The smallest absolute Gasteiger partial charge is 0.351 e. The van der Waals surface area contributed by atoms with Gasteiger partial charge in [-0.15, -0.1) is 0 Å². The van der Waals surface area contributed by atoms with E-state index < -0.39 is 39.1 Å². The lowest BCUT2D eigenvalue weighted by molar-refractivity contribution is -0.965. The van der Waals surface area contributed by atoms with Crippen molar-refractivity contribution < 1.29 is 19.3 Å². The van der Waals surface area contributed by atoms with Gasteiger partial charge < -0.3 is 15.6 Å². The van der Waals surface area contributed by atoms with Crippen LogP contribution in [0.3, 0.4) is 0 Å². The van der Waals surface area contributed by atoms with E-state index in [2.05, 4.69) is 14.7 Å². The molecule has 0 saturated carbocycles. The average molecular weight is 263 g/mol. The van der Waals surface area contributed by atoms with Gasteiger partial charge in [-0.05, 0) is 5.16 Å². The molecule has 0 spiro atoms. The summed E-state index contributed by atoms with van der Waals surface area (Å²) in [5.41, 5.74) is 5.02. The van der Waals surface area contributed by atoms with Gasteiger partial charge in [-0.1, -0.05) is 0 Å². The molecule has 0 aliphatic heterocycles. The first-order valence-corrected chi connectivity index (χ1v) is 4.07. The van der Waals surface area contributed by atoms with Gasteiger partial charge in [0.25, 0.3) is 5.95 Å². The number of nitrogen functional groups attached to an aromatic ring is 1. The summed E-state index contributed by atoms with van der Waals surface area (Å²) in [7, 11) is 0. The second-order valence-corrected chi connectivity index (χ2v) is 2.86. The van der Waals surface area contributed by atoms with Crippen LogP contribution >= 0.6 is 0 Å². The zero-order valence-electron chi connectivity index (χ0n) is 8.38. The standard InChI is InChI=1S/C4H5N7O7/c5-2-7-3(8-18-2)6-1-4(9(12)13,10(14)15)11(16)17/h1H2,(H3,5,6,7,8). The number of nitrogens with two attached hydrogens (primary N) is 1. The van der Waals surface area contributed by atoms with Crippen LogP contribution < -0.4 is 11.1 Å². The third-order valence-electron chi connectivity index (χ3n) is 1.80. The molecule has 0 bridgehead atoms. The van der Waals surface area contributed by atoms with E-state index >= 15 is 0 Å².